The normalized spacial score (nSPS) is 12.8. The van der Waals surface area contributed by atoms with Crippen LogP contribution in [-0.4, -0.2) is 22.2 Å². The summed E-state index contributed by atoms with van der Waals surface area (Å²) in [6.45, 7) is 2.78. The van der Waals surface area contributed by atoms with Crippen LogP contribution in [-0.2, 0) is 11.8 Å². The van der Waals surface area contributed by atoms with E-state index >= 15 is 0 Å². The monoisotopic (exact) mass is 458 g/mol. The maximum Gasteiger partial charge on any atom is 0.246 e. The Bertz CT molecular complexity index is 1190. The largest absolute Gasteiger partial charge is 0.324 e. The molecule has 1 unspecified atom stereocenters. The lowest BCUT2D eigenvalue weighted by atomic mass is 9.99. The Morgan fingerprint density at radius 1 is 0.939 bits per heavy atom. The second-order valence-electron chi connectivity index (χ2n) is 8.17. The second-order valence-corrected chi connectivity index (χ2v) is 8.61. The van der Waals surface area contributed by atoms with Gasteiger partial charge in [0.25, 0.3) is 0 Å². The number of rotatable bonds is 8. The van der Waals surface area contributed by atoms with Crippen LogP contribution in [0.15, 0.2) is 91.3 Å². The quantitative estimate of drug-likeness (QED) is 0.350. The molecule has 5 nitrogen and oxygen atoms in total. The molecule has 0 aliphatic heterocycles. The molecule has 2 N–H and O–H groups in total. The number of benzene rings is 3. The fourth-order valence-corrected chi connectivity index (χ4v) is 3.87. The number of halogens is 1. The molecule has 168 valence electrons. The van der Waals surface area contributed by atoms with Crippen molar-refractivity contribution < 1.29 is 4.79 Å². The Hall–Kier alpha value is -3.41. The number of carbonyl (C=O) groups excluding carboxylic acids is 1. The standard InChI is InChI=1S/C27H27ClN4O/c1-19(20-8-12-24(28)13-9-20)16-29-26(22-6-4-3-5-7-22)27(33)31-25-14-10-21(11-15-25)23-17-30-32(2)18-23/h3-15,17-19,26,29H,16H2,1-2H3,(H,31,33)/t19?,26-/m1/s1. The summed E-state index contributed by atoms with van der Waals surface area (Å²) in [6.07, 6.45) is 3.79. The summed E-state index contributed by atoms with van der Waals surface area (Å²) in [6, 6.07) is 24.9. The second kappa shape index (κ2) is 10.5. The van der Waals surface area contributed by atoms with Crippen LogP contribution in [0.2, 0.25) is 5.02 Å². The third-order valence-corrected chi connectivity index (χ3v) is 5.90. The average Bonchev–Trinajstić information content (AvgIpc) is 3.27. The number of amides is 1. The maximum atomic E-state index is 13.3. The highest BCUT2D eigenvalue weighted by molar-refractivity contribution is 6.30. The highest BCUT2D eigenvalue weighted by atomic mass is 35.5. The third-order valence-electron chi connectivity index (χ3n) is 5.65. The molecule has 0 fully saturated rings. The van der Waals surface area contributed by atoms with Gasteiger partial charge in [0.15, 0.2) is 0 Å². The first kappa shape index (κ1) is 22.8. The van der Waals surface area contributed by atoms with Crippen molar-refractivity contribution in [3.8, 4) is 11.1 Å². The zero-order valence-electron chi connectivity index (χ0n) is 18.7. The minimum Gasteiger partial charge on any atom is -0.324 e. The van der Waals surface area contributed by atoms with Crippen LogP contribution in [0.25, 0.3) is 11.1 Å². The molecule has 0 saturated carbocycles. The fourth-order valence-electron chi connectivity index (χ4n) is 3.74. The molecule has 0 bridgehead atoms. The van der Waals surface area contributed by atoms with Crippen molar-refractivity contribution in [2.45, 2.75) is 18.9 Å². The lowest BCUT2D eigenvalue weighted by Crippen LogP contribution is -2.35. The molecule has 0 saturated heterocycles. The van der Waals surface area contributed by atoms with E-state index in [1.807, 2.05) is 98.3 Å². The van der Waals surface area contributed by atoms with E-state index in [2.05, 4.69) is 22.7 Å². The number of anilines is 1. The lowest BCUT2D eigenvalue weighted by Gasteiger charge is -2.22. The molecule has 2 atom stereocenters. The van der Waals surface area contributed by atoms with E-state index in [-0.39, 0.29) is 11.8 Å². The highest BCUT2D eigenvalue weighted by Gasteiger charge is 2.21. The number of hydrogen-bond donors (Lipinski definition) is 2. The summed E-state index contributed by atoms with van der Waals surface area (Å²) in [7, 11) is 1.89. The summed E-state index contributed by atoms with van der Waals surface area (Å²) < 4.78 is 1.77. The van der Waals surface area contributed by atoms with Gasteiger partial charge < -0.3 is 10.6 Å². The number of hydrogen-bond acceptors (Lipinski definition) is 3. The van der Waals surface area contributed by atoms with Gasteiger partial charge in [0.1, 0.15) is 6.04 Å². The van der Waals surface area contributed by atoms with Gasteiger partial charge in [0.2, 0.25) is 5.91 Å². The summed E-state index contributed by atoms with van der Waals surface area (Å²) in [5.41, 5.74) is 4.93. The maximum absolute atomic E-state index is 13.3. The zero-order valence-corrected chi connectivity index (χ0v) is 19.5. The van der Waals surface area contributed by atoms with Crippen molar-refractivity contribution >= 4 is 23.2 Å². The summed E-state index contributed by atoms with van der Waals surface area (Å²) in [5, 5.41) is 11.4. The molecule has 6 heteroatoms. The molecule has 0 aliphatic carbocycles. The Morgan fingerprint density at radius 2 is 1.64 bits per heavy atom. The number of aromatic nitrogens is 2. The first-order chi connectivity index (χ1) is 16.0. The molecule has 3 aromatic carbocycles. The third kappa shape index (κ3) is 5.89. The molecule has 0 aliphatic rings. The van der Waals surface area contributed by atoms with E-state index in [4.69, 9.17) is 11.6 Å². The number of nitrogens with one attached hydrogen (secondary N) is 2. The molecule has 0 spiro atoms. The molecule has 1 amide bonds. The van der Waals surface area contributed by atoms with E-state index in [9.17, 15) is 4.79 Å². The van der Waals surface area contributed by atoms with Crippen molar-refractivity contribution in [2.24, 2.45) is 7.05 Å². The Kier molecular flexibility index (Phi) is 7.23. The average molecular weight is 459 g/mol. The first-order valence-corrected chi connectivity index (χ1v) is 11.3. The van der Waals surface area contributed by atoms with Crippen molar-refractivity contribution in [1.82, 2.24) is 15.1 Å². The van der Waals surface area contributed by atoms with Gasteiger partial charge in [0, 0.05) is 36.1 Å². The molecule has 1 heterocycles. The topological polar surface area (TPSA) is 59.0 Å². The van der Waals surface area contributed by atoms with Crippen molar-refractivity contribution in [3.05, 3.63) is 107 Å². The van der Waals surface area contributed by atoms with Gasteiger partial charge in [-0.25, -0.2) is 0 Å². The van der Waals surface area contributed by atoms with E-state index in [1.54, 1.807) is 4.68 Å². The molecule has 4 rings (SSSR count). The molecular weight excluding hydrogens is 432 g/mol. The molecule has 33 heavy (non-hydrogen) atoms. The smallest absolute Gasteiger partial charge is 0.246 e. The SMILES string of the molecule is CC(CN[C@@H](C(=O)Nc1ccc(-c2cnn(C)c2)cc1)c1ccccc1)c1ccc(Cl)cc1. The van der Waals surface area contributed by atoms with E-state index in [0.29, 0.717) is 6.54 Å². The Morgan fingerprint density at radius 3 is 2.27 bits per heavy atom. The zero-order chi connectivity index (χ0) is 23.2. The van der Waals surface area contributed by atoms with Crippen LogP contribution in [0, 0.1) is 0 Å². The summed E-state index contributed by atoms with van der Waals surface area (Å²) in [5.74, 6) is 0.124. The van der Waals surface area contributed by atoms with E-state index in [1.165, 1.54) is 5.56 Å². The number of nitrogens with zero attached hydrogens (tertiary/aromatic N) is 2. The fraction of sp³-hybridized carbons (Fsp3) is 0.185. The van der Waals surface area contributed by atoms with Crippen LogP contribution in [0.1, 0.15) is 30.0 Å². The van der Waals surface area contributed by atoms with Crippen LogP contribution in [0.5, 0.6) is 0 Å². The van der Waals surface area contributed by atoms with Crippen LogP contribution in [0.4, 0.5) is 5.69 Å². The predicted molar refractivity (Wildman–Crippen MR) is 134 cm³/mol. The predicted octanol–water partition coefficient (Wildman–Crippen LogP) is 5.81. The number of carbonyl (C=O) groups is 1. The van der Waals surface area contributed by atoms with Gasteiger partial charge in [-0.1, -0.05) is 73.1 Å². The van der Waals surface area contributed by atoms with Crippen LogP contribution >= 0.6 is 11.6 Å². The van der Waals surface area contributed by atoms with Gasteiger partial charge in [0.05, 0.1) is 6.20 Å². The van der Waals surface area contributed by atoms with Crippen molar-refractivity contribution in [1.29, 1.82) is 0 Å². The molecule has 4 aromatic rings. The lowest BCUT2D eigenvalue weighted by molar-refractivity contribution is -0.118. The summed E-state index contributed by atoms with van der Waals surface area (Å²) >= 11 is 6.02. The molecular formula is C27H27ClN4O. The van der Waals surface area contributed by atoms with Gasteiger partial charge in [-0.15, -0.1) is 0 Å². The highest BCUT2D eigenvalue weighted by Crippen LogP contribution is 2.23. The van der Waals surface area contributed by atoms with Gasteiger partial charge in [-0.05, 0) is 46.9 Å². The first-order valence-electron chi connectivity index (χ1n) is 10.9. The van der Waals surface area contributed by atoms with Gasteiger partial charge >= 0.3 is 0 Å². The van der Waals surface area contributed by atoms with Crippen molar-refractivity contribution in [2.75, 3.05) is 11.9 Å². The Balaban J connectivity index is 1.46. The van der Waals surface area contributed by atoms with Gasteiger partial charge in [-0.3, -0.25) is 9.48 Å². The molecule has 1 aromatic heterocycles. The van der Waals surface area contributed by atoms with Crippen molar-refractivity contribution in [3.63, 3.8) is 0 Å². The molecule has 0 radical (unpaired) electrons. The van der Waals surface area contributed by atoms with Crippen LogP contribution in [0.3, 0.4) is 0 Å². The minimum atomic E-state index is -0.473. The van der Waals surface area contributed by atoms with Gasteiger partial charge in [-0.2, -0.15) is 5.10 Å². The van der Waals surface area contributed by atoms with E-state index < -0.39 is 6.04 Å². The van der Waals surface area contributed by atoms with E-state index in [0.717, 1.165) is 27.4 Å². The Labute approximate surface area is 199 Å². The number of aryl methyl sites for hydroxylation is 1. The van der Waals surface area contributed by atoms with Crippen LogP contribution < -0.4 is 10.6 Å². The summed E-state index contributed by atoms with van der Waals surface area (Å²) in [4.78, 5) is 13.3. The minimum absolute atomic E-state index is 0.0985.